The normalized spacial score (nSPS) is 14.8. The molecule has 5 rings (SSSR count). The molecular weight excluding hydrogens is 514 g/mol. The summed E-state index contributed by atoms with van der Waals surface area (Å²) in [5.74, 6) is 0.711. The fraction of sp³-hybridized carbons (Fsp3) is 0.241. The van der Waals surface area contributed by atoms with E-state index in [0.29, 0.717) is 71.6 Å². The van der Waals surface area contributed by atoms with Crippen molar-refractivity contribution in [1.29, 1.82) is 0 Å². The number of ether oxygens (including phenoxy) is 2. The maximum atomic E-state index is 13.3. The van der Waals surface area contributed by atoms with Gasteiger partial charge in [-0.05, 0) is 62.6 Å². The minimum atomic E-state index is -0.501. The SMILES string of the molecule is CC(=O)N(CCN(C)C)c1ccc(N/C(=C2\C(=O)Nc3cc([N+](=O)[O-])ccc32)c2ccc3c(c2)OCCO3)cc1. The monoisotopic (exact) mass is 543 g/mol. The highest BCUT2D eigenvalue weighted by molar-refractivity contribution is 6.37. The van der Waals surface area contributed by atoms with E-state index in [1.807, 2.05) is 49.3 Å². The summed E-state index contributed by atoms with van der Waals surface area (Å²) in [5, 5.41) is 17.4. The Balaban J connectivity index is 1.56. The molecule has 2 amide bonds. The number of nitro benzene ring substituents is 1. The quantitative estimate of drug-likeness (QED) is 0.246. The maximum Gasteiger partial charge on any atom is 0.271 e. The number of hydrogen-bond acceptors (Lipinski definition) is 8. The van der Waals surface area contributed by atoms with Gasteiger partial charge < -0.3 is 29.9 Å². The molecule has 0 atom stereocenters. The van der Waals surface area contributed by atoms with Crippen LogP contribution >= 0.6 is 0 Å². The van der Waals surface area contributed by atoms with E-state index in [2.05, 4.69) is 10.6 Å². The largest absolute Gasteiger partial charge is 0.486 e. The van der Waals surface area contributed by atoms with Gasteiger partial charge in [0.05, 0.1) is 21.9 Å². The predicted molar refractivity (Wildman–Crippen MR) is 153 cm³/mol. The van der Waals surface area contributed by atoms with E-state index in [1.165, 1.54) is 19.1 Å². The third kappa shape index (κ3) is 5.45. The first-order valence-electron chi connectivity index (χ1n) is 12.8. The van der Waals surface area contributed by atoms with Gasteiger partial charge in [0.1, 0.15) is 13.2 Å². The van der Waals surface area contributed by atoms with E-state index in [4.69, 9.17) is 9.47 Å². The fourth-order valence-corrected chi connectivity index (χ4v) is 4.64. The van der Waals surface area contributed by atoms with Gasteiger partial charge in [0.2, 0.25) is 5.91 Å². The number of rotatable bonds is 8. The van der Waals surface area contributed by atoms with Crippen LogP contribution < -0.4 is 25.0 Å². The molecule has 0 saturated carbocycles. The van der Waals surface area contributed by atoms with Crippen molar-refractivity contribution in [2.24, 2.45) is 0 Å². The van der Waals surface area contributed by atoms with Crippen LogP contribution in [0.3, 0.4) is 0 Å². The first-order valence-corrected chi connectivity index (χ1v) is 12.8. The molecule has 2 aliphatic rings. The Morgan fingerprint density at radius 2 is 1.73 bits per heavy atom. The number of likely N-dealkylation sites (N-methyl/N-ethyl adjacent to an activating group) is 1. The summed E-state index contributed by atoms with van der Waals surface area (Å²) in [4.78, 5) is 40.1. The summed E-state index contributed by atoms with van der Waals surface area (Å²) >= 11 is 0. The summed E-state index contributed by atoms with van der Waals surface area (Å²) in [6.45, 7) is 3.65. The van der Waals surface area contributed by atoms with Gasteiger partial charge in [-0.15, -0.1) is 0 Å². The van der Waals surface area contributed by atoms with Crippen LogP contribution in [0.2, 0.25) is 0 Å². The number of nitrogens with zero attached hydrogens (tertiary/aromatic N) is 3. The second-order valence-corrected chi connectivity index (χ2v) is 9.70. The Bertz CT molecular complexity index is 1520. The van der Waals surface area contributed by atoms with Crippen molar-refractivity contribution in [2.75, 3.05) is 55.9 Å². The van der Waals surface area contributed by atoms with Crippen molar-refractivity contribution in [2.45, 2.75) is 6.92 Å². The number of non-ortho nitro benzene ring substituents is 1. The summed E-state index contributed by atoms with van der Waals surface area (Å²) in [6.07, 6.45) is 0. The van der Waals surface area contributed by atoms with E-state index in [9.17, 15) is 19.7 Å². The number of carbonyl (C=O) groups is 2. The average molecular weight is 544 g/mol. The molecule has 0 radical (unpaired) electrons. The first-order chi connectivity index (χ1) is 19.2. The van der Waals surface area contributed by atoms with Crippen LogP contribution in [0.5, 0.6) is 11.5 Å². The molecule has 2 heterocycles. The summed E-state index contributed by atoms with van der Waals surface area (Å²) in [7, 11) is 3.90. The molecule has 3 aromatic carbocycles. The molecule has 3 aromatic rings. The molecule has 2 aliphatic heterocycles. The lowest BCUT2D eigenvalue weighted by Crippen LogP contribution is -2.35. The highest BCUT2D eigenvalue weighted by Gasteiger charge is 2.30. The molecule has 0 unspecified atom stereocenters. The van der Waals surface area contributed by atoms with Gasteiger partial charge >= 0.3 is 0 Å². The molecule has 0 fully saturated rings. The third-order valence-corrected chi connectivity index (χ3v) is 6.64. The molecule has 0 bridgehead atoms. The van der Waals surface area contributed by atoms with E-state index < -0.39 is 10.8 Å². The number of nitrogens with one attached hydrogen (secondary N) is 2. The van der Waals surface area contributed by atoms with Crippen LogP contribution in [-0.2, 0) is 9.59 Å². The van der Waals surface area contributed by atoms with Crippen LogP contribution in [0.15, 0.2) is 60.7 Å². The molecule has 0 spiro atoms. The number of anilines is 3. The molecule has 0 aliphatic carbocycles. The molecule has 0 saturated heterocycles. The minimum absolute atomic E-state index is 0.0602. The lowest BCUT2D eigenvalue weighted by molar-refractivity contribution is -0.384. The maximum absolute atomic E-state index is 13.3. The molecule has 40 heavy (non-hydrogen) atoms. The Labute approximate surface area is 231 Å². The zero-order valence-electron chi connectivity index (χ0n) is 22.4. The summed E-state index contributed by atoms with van der Waals surface area (Å²) < 4.78 is 11.4. The molecule has 11 heteroatoms. The van der Waals surface area contributed by atoms with Crippen molar-refractivity contribution >= 4 is 45.8 Å². The van der Waals surface area contributed by atoms with Crippen LogP contribution in [0.1, 0.15) is 18.1 Å². The van der Waals surface area contributed by atoms with Gasteiger partial charge in [-0.2, -0.15) is 0 Å². The van der Waals surface area contributed by atoms with Crippen LogP contribution in [-0.4, -0.2) is 62.0 Å². The third-order valence-electron chi connectivity index (χ3n) is 6.64. The fourth-order valence-electron chi connectivity index (χ4n) is 4.64. The molecule has 2 N–H and O–H groups in total. The van der Waals surface area contributed by atoms with E-state index in [-0.39, 0.29) is 11.6 Å². The topological polar surface area (TPSA) is 126 Å². The van der Waals surface area contributed by atoms with Gasteiger partial charge in [0, 0.05) is 54.6 Å². The van der Waals surface area contributed by atoms with Gasteiger partial charge in [0.15, 0.2) is 11.5 Å². The van der Waals surface area contributed by atoms with Crippen molar-refractivity contribution in [3.8, 4) is 11.5 Å². The molecule has 206 valence electrons. The van der Waals surface area contributed by atoms with Crippen LogP contribution in [0.25, 0.3) is 11.3 Å². The smallest absolute Gasteiger partial charge is 0.271 e. The van der Waals surface area contributed by atoms with Crippen LogP contribution in [0.4, 0.5) is 22.7 Å². The second kappa shape index (κ2) is 11.1. The number of carbonyl (C=O) groups excluding carboxylic acids is 2. The molecule has 11 nitrogen and oxygen atoms in total. The van der Waals surface area contributed by atoms with Crippen molar-refractivity contribution in [3.63, 3.8) is 0 Å². The zero-order valence-corrected chi connectivity index (χ0v) is 22.4. The predicted octanol–water partition coefficient (Wildman–Crippen LogP) is 4.21. The number of amides is 2. The van der Waals surface area contributed by atoms with Gasteiger partial charge in [-0.25, -0.2) is 0 Å². The Kier molecular flexibility index (Phi) is 7.39. The summed E-state index contributed by atoms with van der Waals surface area (Å²) in [5.41, 5.74) is 3.71. The van der Waals surface area contributed by atoms with E-state index >= 15 is 0 Å². The standard InChI is InChI=1S/C29H29N5O6/c1-18(35)33(13-12-32(2)3)21-7-5-20(6-8-21)30-28(19-4-11-25-26(16-19)40-15-14-39-25)27-23-10-9-22(34(37)38)17-24(23)31-29(27)36/h4-11,16-17,30H,12-15H2,1-3H3,(H,31,36)/b28-27-. The molecule has 0 aromatic heterocycles. The van der Waals surface area contributed by atoms with Crippen molar-refractivity contribution < 1.29 is 24.0 Å². The Morgan fingerprint density at radius 3 is 2.40 bits per heavy atom. The molecular formula is C29H29N5O6. The Hall–Kier alpha value is -4.90. The number of hydrogen-bond donors (Lipinski definition) is 2. The lowest BCUT2D eigenvalue weighted by Gasteiger charge is -2.24. The number of fused-ring (bicyclic) bond motifs is 2. The van der Waals surface area contributed by atoms with Crippen molar-refractivity contribution in [3.05, 3.63) is 81.9 Å². The zero-order chi connectivity index (χ0) is 28.4. The highest BCUT2D eigenvalue weighted by atomic mass is 16.6. The highest BCUT2D eigenvalue weighted by Crippen LogP contribution is 2.41. The van der Waals surface area contributed by atoms with Gasteiger partial charge in [-0.3, -0.25) is 19.7 Å². The van der Waals surface area contributed by atoms with E-state index in [1.54, 1.807) is 23.1 Å². The van der Waals surface area contributed by atoms with Crippen LogP contribution in [0, 0.1) is 10.1 Å². The van der Waals surface area contributed by atoms with Gasteiger partial charge in [-0.1, -0.05) is 0 Å². The minimum Gasteiger partial charge on any atom is -0.486 e. The summed E-state index contributed by atoms with van der Waals surface area (Å²) in [6, 6.07) is 17.1. The Morgan fingerprint density at radius 1 is 1.00 bits per heavy atom. The van der Waals surface area contributed by atoms with Gasteiger partial charge in [0.25, 0.3) is 11.6 Å². The lowest BCUT2D eigenvalue weighted by atomic mass is 9.99. The second-order valence-electron chi connectivity index (χ2n) is 9.70. The first kappa shape index (κ1) is 26.7. The number of benzene rings is 3. The number of nitro groups is 1. The average Bonchev–Trinajstić information content (AvgIpc) is 3.26. The van der Waals surface area contributed by atoms with E-state index in [0.717, 1.165) is 5.69 Å². The van der Waals surface area contributed by atoms with Crippen molar-refractivity contribution in [1.82, 2.24) is 4.90 Å².